The number of ether oxygens (including phenoxy) is 1. The Morgan fingerprint density at radius 2 is 1.77 bits per heavy atom. The quantitative estimate of drug-likeness (QED) is 0.620. The van der Waals surface area contributed by atoms with Gasteiger partial charge in [0.25, 0.3) is 0 Å². The van der Waals surface area contributed by atoms with Crippen molar-refractivity contribution in [3.05, 3.63) is 65.7 Å². The molecule has 2 aromatic rings. The van der Waals surface area contributed by atoms with Crippen molar-refractivity contribution in [2.75, 3.05) is 44.7 Å². The fourth-order valence-electron chi connectivity index (χ4n) is 2.82. The monoisotopic (exact) mass is 352 g/mol. The number of aliphatic imine (C=N–C) groups is 1. The van der Waals surface area contributed by atoms with Crippen LogP contribution in [0.2, 0.25) is 0 Å². The topological polar surface area (TPSA) is 48.9 Å². The fraction of sp³-hybridized carbons (Fsp3) is 0.381. The Balaban J connectivity index is 1.58. The van der Waals surface area contributed by atoms with Crippen molar-refractivity contribution in [2.45, 2.75) is 13.5 Å². The molecule has 0 unspecified atom stereocenters. The van der Waals surface area contributed by atoms with Crippen LogP contribution in [0.25, 0.3) is 0 Å². The minimum atomic E-state index is 0.653. The van der Waals surface area contributed by atoms with Crippen LogP contribution >= 0.6 is 0 Å². The second-order valence-electron chi connectivity index (χ2n) is 6.52. The van der Waals surface area contributed by atoms with E-state index in [1.54, 1.807) is 0 Å². The molecule has 5 heteroatoms. The standard InChI is InChI=1S/C21H28N4O/c1-18-7-9-19(10-8-18)17-23-21(24-20-5-3-2-4-6-20)22-11-12-25-13-15-26-16-14-25/h2-10H,11-17H2,1H3,(H2,22,23,24). The summed E-state index contributed by atoms with van der Waals surface area (Å²) in [7, 11) is 0. The second-order valence-corrected chi connectivity index (χ2v) is 6.52. The van der Waals surface area contributed by atoms with Gasteiger partial charge in [0.15, 0.2) is 5.96 Å². The number of morpholine rings is 1. The van der Waals surface area contributed by atoms with E-state index in [0.29, 0.717) is 6.54 Å². The van der Waals surface area contributed by atoms with E-state index in [1.165, 1.54) is 11.1 Å². The third-order valence-corrected chi connectivity index (χ3v) is 4.40. The predicted octanol–water partition coefficient (Wildman–Crippen LogP) is 2.88. The normalized spacial score (nSPS) is 15.7. The van der Waals surface area contributed by atoms with Gasteiger partial charge in [-0.25, -0.2) is 4.99 Å². The predicted molar refractivity (Wildman–Crippen MR) is 108 cm³/mol. The number of anilines is 1. The summed E-state index contributed by atoms with van der Waals surface area (Å²) in [5.74, 6) is 0.810. The smallest absolute Gasteiger partial charge is 0.196 e. The first-order valence-electron chi connectivity index (χ1n) is 9.26. The van der Waals surface area contributed by atoms with Gasteiger partial charge in [-0.05, 0) is 24.6 Å². The number of nitrogens with one attached hydrogen (secondary N) is 2. The summed E-state index contributed by atoms with van der Waals surface area (Å²) in [6, 6.07) is 18.7. The molecular weight excluding hydrogens is 324 g/mol. The van der Waals surface area contributed by atoms with Crippen molar-refractivity contribution in [3.63, 3.8) is 0 Å². The van der Waals surface area contributed by atoms with E-state index in [4.69, 9.17) is 9.73 Å². The van der Waals surface area contributed by atoms with Crippen molar-refractivity contribution < 1.29 is 4.74 Å². The van der Waals surface area contributed by atoms with Crippen LogP contribution in [0, 0.1) is 6.92 Å². The van der Waals surface area contributed by atoms with E-state index in [-0.39, 0.29) is 0 Å². The van der Waals surface area contributed by atoms with E-state index in [9.17, 15) is 0 Å². The van der Waals surface area contributed by atoms with Crippen LogP contribution in [-0.4, -0.2) is 50.3 Å². The first-order chi connectivity index (χ1) is 12.8. The molecule has 0 atom stereocenters. The maximum atomic E-state index is 5.40. The molecule has 1 aliphatic heterocycles. The Hall–Kier alpha value is -2.37. The summed E-state index contributed by atoms with van der Waals surface area (Å²) in [4.78, 5) is 7.17. The lowest BCUT2D eigenvalue weighted by atomic mass is 10.1. The first-order valence-corrected chi connectivity index (χ1v) is 9.26. The summed E-state index contributed by atoms with van der Waals surface area (Å²) in [6.45, 7) is 8.26. The molecule has 0 aromatic heterocycles. The number of para-hydroxylation sites is 1. The molecule has 2 N–H and O–H groups in total. The Morgan fingerprint density at radius 3 is 2.50 bits per heavy atom. The molecule has 0 bridgehead atoms. The van der Waals surface area contributed by atoms with Gasteiger partial charge < -0.3 is 15.4 Å². The van der Waals surface area contributed by atoms with Gasteiger partial charge in [0.1, 0.15) is 0 Å². The fourth-order valence-corrected chi connectivity index (χ4v) is 2.82. The third kappa shape index (κ3) is 6.17. The molecular formula is C21H28N4O. The van der Waals surface area contributed by atoms with Gasteiger partial charge in [0.05, 0.1) is 19.8 Å². The van der Waals surface area contributed by atoms with E-state index in [1.807, 2.05) is 30.3 Å². The Kier molecular flexibility index (Phi) is 7.05. The molecule has 26 heavy (non-hydrogen) atoms. The molecule has 0 aliphatic carbocycles. The van der Waals surface area contributed by atoms with Crippen LogP contribution < -0.4 is 10.6 Å². The van der Waals surface area contributed by atoms with E-state index < -0.39 is 0 Å². The van der Waals surface area contributed by atoms with Crippen molar-refractivity contribution in [1.29, 1.82) is 0 Å². The number of aryl methyl sites for hydroxylation is 1. The summed E-state index contributed by atoms with van der Waals surface area (Å²) in [6.07, 6.45) is 0. The van der Waals surface area contributed by atoms with Gasteiger partial charge in [-0.15, -0.1) is 0 Å². The lowest BCUT2D eigenvalue weighted by Crippen LogP contribution is -2.42. The molecule has 0 saturated carbocycles. The Morgan fingerprint density at radius 1 is 1.04 bits per heavy atom. The number of benzene rings is 2. The lowest BCUT2D eigenvalue weighted by molar-refractivity contribution is 0.0389. The van der Waals surface area contributed by atoms with E-state index in [2.05, 4.69) is 46.7 Å². The number of nitrogens with zero attached hydrogens (tertiary/aromatic N) is 2. The average Bonchev–Trinajstić information content (AvgIpc) is 2.69. The maximum Gasteiger partial charge on any atom is 0.196 e. The largest absolute Gasteiger partial charge is 0.379 e. The average molecular weight is 352 g/mol. The highest BCUT2D eigenvalue weighted by Crippen LogP contribution is 2.07. The van der Waals surface area contributed by atoms with Gasteiger partial charge in [-0.3, -0.25) is 4.90 Å². The minimum Gasteiger partial charge on any atom is -0.379 e. The molecule has 1 heterocycles. The number of hydrogen-bond donors (Lipinski definition) is 2. The molecule has 5 nitrogen and oxygen atoms in total. The molecule has 138 valence electrons. The van der Waals surface area contributed by atoms with Crippen molar-refractivity contribution in [1.82, 2.24) is 10.2 Å². The van der Waals surface area contributed by atoms with Crippen LogP contribution in [-0.2, 0) is 11.3 Å². The minimum absolute atomic E-state index is 0.653. The Bertz CT molecular complexity index is 679. The van der Waals surface area contributed by atoms with Crippen LogP contribution in [0.15, 0.2) is 59.6 Å². The second kappa shape index (κ2) is 9.94. The van der Waals surface area contributed by atoms with Crippen molar-refractivity contribution in [2.24, 2.45) is 4.99 Å². The van der Waals surface area contributed by atoms with Gasteiger partial charge in [0.2, 0.25) is 0 Å². The molecule has 1 saturated heterocycles. The highest BCUT2D eigenvalue weighted by atomic mass is 16.5. The van der Waals surface area contributed by atoms with Gasteiger partial charge in [-0.1, -0.05) is 48.0 Å². The molecule has 2 aromatic carbocycles. The SMILES string of the molecule is Cc1ccc(CN=C(NCCN2CCOCC2)Nc2ccccc2)cc1. The zero-order chi connectivity index (χ0) is 18.0. The summed E-state index contributed by atoms with van der Waals surface area (Å²) < 4.78 is 5.40. The van der Waals surface area contributed by atoms with E-state index >= 15 is 0 Å². The zero-order valence-electron chi connectivity index (χ0n) is 15.4. The molecule has 3 rings (SSSR count). The van der Waals surface area contributed by atoms with Gasteiger partial charge in [-0.2, -0.15) is 0 Å². The lowest BCUT2D eigenvalue weighted by Gasteiger charge is -2.26. The highest BCUT2D eigenvalue weighted by molar-refractivity contribution is 5.93. The number of hydrogen-bond acceptors (Lipinski definition) is 3. The van der Waals surface area contributed by atoms with Crippen LogP contribution in [0.1, 0.15) is 11.1 Å². The van der Waals surface area contributed by atoms with Crippen LogP contribution in [0.3, 0.4) is 0 Å². The zero-order valence-corrected chi connectivity index (χ0v) is 15.4. The van der Waals surface area contributed by atoms with Gasteiger partial charge >= 0.3 is 0 Å². The first kappa shape index (κ1) is 18.4. The summed E-state index contributed by atoms with van der Waals surface area (Å²) >= 11 is 0. The number of guanidine groups is 1. The molecule has 0 amide bonds. The highest BCUT2D eigenvalue weighted by Gasteiger charge is 2.09. The number of rotatable bonds is 6. The molecule has 1 aliphatic rings. The molecule has 1 fully saturated rings. The third-order valence-electron chi connectivity index (χ3n) is 4.40. The van der Waals surface area contributed by atoms with Gasteiger partial charge in [0, 0.05) is 31.9 Å². The van der Waals surface area contributed by atoms with Crippen LogP contribution in [0.4, 0.5) is 5.69 Å². The summed E-state index contributed by atoms with van der Waals surface area (Å²) in [5.41, 5.74) is 3.51. The van der Waals surface area contributed by atoms with Crippen LogP contribution in [0.5, 0.6) is 0 Å². The Labute approximate surface area is 156 Å². The maximum absolute atomic E-state index is 5.40. The molecule has 0 radical (unpaired) electrons. The van der Waals surface area contributed by atoms with Crippen molar-refractivity contribution >= 4 is 11.6 Å². The van der Waals surface area contributed by atoms with Crippen molar-refractivity contribution in [3.8, 4) is 0 Å². The summed E-state index contributed by atoms with van der Waals surface area (Å²) in [5, 5.41) is 6.85. The molecule has 0 spiro atoms. The van der Waals surface area contributed by atoms with E-state index in [0.717, 1.165) is 51.0 Å².